The van der Waals surface area contributed by atoms with Gasteiger partial charge in [0.05, 0.1) is 17.4 Å². The maximum absolute atomic E-state index is 4.23. The van der Waals surface area contributed by atoms with Crippen molar-refractivity contribution < 1.29 is 0 Å². The van der Waals surface area contributed by atoms with Crippen LogP contribution < -0.4 is 10.2 Å². The van der Waals surface area contributed by atoms with Gasteiger partial charge in [0, 0.05) is 24.5 Å². The normalized spacial score (nSPS) is 23.8. The van der Waals surface area contributed by atoms with Crippen molar-refractivity contribution >= 4 is 16.6 Å². The van der Waals surface area contributed by atoms with Crippen molar-refractivity contribution in [3.05, 3.63) is 30.5 Å². The molecule has 2 aliphatic heterocycles. The molecule has 1 unspecified atom stereocenters. The van der Waals surface area contributed by atoms with Gasteiger partial charge in [-0.2, -0.15) is 10.2 Å². The van der Waals surface area contributed by atoms with E-state index in [0.717, 1.165) is 30.6 Å². The molecule has 21 heavy (non-hydrogen) atoms. The zero-order valence-electron chi connectivity index (χ0n) is 12.3. The Balaban J connectivity index is 1.52. The first kappa shape index (κ1) is 13.0. The molecule has 4 rings (SSSR count). The molecule has 1 atom stereocenters. The van der Waals surface area contributed by atoms with Crippen LogP contribution in [0.25, 0.3) is 10.9 Å². The molecule has 2 saturated heterocycles. The second-order valence-corrected chi connectivity index (χ2v) is 6.27. The first-order chi connectivity index (χ1) is 10.4. The van der Waals surface area contributed by atoms with Crippen molar-refractivity contribution in [2.75, 3.05) is 24.5 Å². The minimum Gasteiger partial charge on any atom is -0.370 e. The predicted octanol–water partition coefficient (Wildman–Crippen LogP) is 2.60. The topological polar surface area (TPSA) is 41.0 Å². The molecule has 110 valence electrons. The average Bonchev–Trinajstić information content (AvgIpc) is 3.09. The van der Waals surface area contributed by atoms with Gasteiger partial charge in [0.25, 0.3) is 0 Å². The van der Waals surface area contributed by atoms with E-state index in [9.17, 15) is 0 Å². The van der Waals surface area contributed by atoms with E-state index in [2.05, 4.69) is 32.5 Å². The van der Waals surface area contributed by atoms with Crippen LogP contribution >= 0.6 is 0 Å². The van der Waals surface area contributed by atoms with Crippen LogP contribution in [0.5, 0.6) is 0 Å². The van der Waals surface area contributed by atoms with Gasteiger partial charge in [-0.05, 0) is 44.2 Å². The zero-order chi connectivity index (χ0) is 14.1. The van der Waals surface area contributed by atoms with E-state index in [-0.39, 0.29) is 0 Å². The lowest BCUT2D eigenvalue weighted by atomic mass is 9.88. The summed E-state index contributed by atoms with van der Waals surface area (Å²) in [6, 6.07) is 9.08. The van der Waals surface area contributed by atoms with Gasteiger partial charge in [-0.1, -0.05) is 18.2 Å². The van der Waals surface area contributed by atoms with E-state index in [4.69, 9.17) is 0 Å². The van der Waals surface area contributed by atoms with Gasteiger partial charge in [-0.15, -0.1) is 0 Å². The third kappa shape index (κ3) is 2.48. The second-order valence-electron chi connectivity index (χ2n) is 6.27. The van der Waals surface area contributed by atoms with Crippen LogP contribution in [0.4, 0.5) is 5.69 Å². The fourth-order valence-corrected chi connectivity index (χ4v) is 3.90. The van der Waals surface area contributed by atoms with Crippen molar-refractivity contribution in [2.24, 2.45) is 5.92 Å². The third-order valence-corrected chi connectivity index (χ3v) is 5.07. The van der Waals surface area contributed by atoms with Gasteiger partial charge in [0.2, 0.25) is 0 Å². The molecule has 4 heteroatoms. The molecule has 1 aromatic heterocycles. The SMILES string of the molecule is c1ccc2c(N3CCC(C4CCCN4)CC3)cnnc2c1. The first-order valence-corrected chi connectivity index (χ1v) is 8.10. The van der Waals surface area contributed by atoms with E-state index < -0.39 is 0 Å². The van der Waals surface area contributed by atoms with Gasteiger partial charge in [-0.25, -0.2) is 0 Å². The van der Waals surface area contributed by atoms with Gasteiger partial charge in [0.1, 0.15) is 0 Å². The number of anilines is 1. The lowest BCUT2D eigenvalue weighted by Crippen LogP contribution is -2.41. The van der Waals surface area contributed by atoms with E-state index in [1.54, 1.807) is 0 Å². The summed E-state index contributed by atoms with van der Waals surface area (Å²) in [5.74, 6) is 0.852. The van der Waals surface area contributed by atoms with Gasteiger partial charge < -0.3 is 10.2 Å². The molecule has 0 amide bonds. The van der Waals surface area contributed by atoms with Crippen LogP contribution in [0.1, 0.15) is 25.7 Å². The van der Waals surface area contributed by atoms with E-state index in [1.165, 1.54) is 43.3 Å². The maximum Gasteiger partial charge on any atom is 0.0950 e. The Hall–Kier alpha value is -1.68. The minimum absolute atomic E-state index is 0.763. The summed E-state index contributed by atoms with van der Waals surface area (Å²) in [7, 11) is 0. The van der Waals surface area contributed by atoms with E-state index in [1.807, 2.05) is 18.3 Å². The lowest BCUT2D eigenvalue weighted by Gasteiger charge is -2.36. The fourth-order valence-electron chi connectivity index (χ4n) is 3.90. The molecule has 0 radical (unpaired) electrons. The molecule has 2 aliphatic rings. The summed E-state index contributed by atoms with van der Waals surface area (Å²) >= 11 is 0. The molecular formula is C17H22N4. The van der Waals surface area contributed by atoms with Crippen LogP contribution in [0.15, 0.2) is 30.5 Å². The van der Waals surface area contributed by atoms with Gasteiger partial charge >= 0.3 is 0 Å². The highest BCUT2D eigenvalue weighted by Crippen LogP contribution is 2.31. The molecule has 0 aliphatic carbocycles. The standard InChI is InChI=1S/C17H22N4/c1-2-5-16-14(4-1)17(12-19-20-16)21-10-7-13(8-11-21)15-6-3-9-18-15/h1-2,4-5,12-13,15,18H,3,6-11H2. The summed E-state index contributed by atoms with van der Waals surface area (Å²) in [5.41, 5.74) is 2.24. The quantitative estimate of drug-likeness (QED) is 0.919. The monoisotopic (exact) mass is 282 g/mol. The fraction of sp³-hybridized carbons (Fsp3) is 0.529. The van der Waals surface area contributed by atoms with E-state index >= 15 is 0 Å². The van der Waals surface area contributed by atoms with Gasteiger partial charge in [0.15, 0.2) is 0 Å². The van der Waals surface area contributed by atoms with Crippen molar-refractivity contribution in [3.8, 4) is 0 Å². The summed E-state index contributed by atoms with van der Waals surface area (Å²) in [6.07, 6.45) is 7.22. The van der Waals surface area contributed by atoms with Crippen molar-refractivity contribution in [1.82, 2.24) is 15.5 Å². The Morgan fingerprint density at radius 1 is 1.10 bits per heavy atom. The van der Waals surface area contributed by atoms with E-state index in [0.29, 0.717) is 0 Å². The molecule has 4 nitrogen and oxygen atoms in total. The molecule has 0 bridgehead atoms. The highest BCUT2D eigenvalue weighted by molar-refractivity contribution is 5.90. The number of fused-ring (bicyclic) bond motifs is 1. The summed E-state index contributed by atoms with van der Waals surface area (Å²) in [5, 5.41) is 13.3. The number of benzene rings is 1. The Bertz CT molecular complexity index is 608. The Kier molecular flexibility index (Phi) is 3.47. The summed E-state index contributed by atoms with van der Waals surface area (Å²) in [4.78, 5) is 2.49. The molecule has 0 saturated carbocycles. The number of rotatable bonds is 2. The molecular weight excluding hydrogens is 260 g/mol. The highest BCUT2D eigenvalue weighted by Gasteiger charge is 2.28. The number of hydrogen-bond acceptors (Lipinski definition) is 4. The third-order valence-electron chi connectivity index (χ3n) is 5.07. The highest BCUT2D eigenvalue weighted by atomic mass is 15.2. The molecule has 1 aromatic carbocycles. The second kappa shape index (κ2) is 5.60. The lowest BCUT2D eigenvalue weighted by molar-refractivity contribution is 0.319. The smallest absolute Gasteiger partial charge is 0.0950 e. The van der Waals surface area contributed by atoms with Gasteiger partial charge in [-0.3, -0.25) is 0 Å². The number of piperidine rings is 1. The number of nitrogens with zero attached hydrogens (tertiary/aromatic N) is 3. The Morgan fingerprint density at radius 2 is 1.95 bits per heavy atom. The summed E-state index contributed by atoms with van der Waals surface area (Å²) < 4.78 is 0. The number of hydrogen-bond donors (Lipinski definition) is 1. The van der Waals surface area contributed by atoms with Crippen LogP contribution in [-0.2, 0) is 0 Å². The molecule has 2 aromatic rings. The molecule has 1 N–H and O–H groups in total. The van der Waals surface area contributed by atoms with Crippen LogP contribution in [0.3, 0.4) is 0 Å². The minimum atomic E-state index is 0.763. The predicted molar refractivity (Wildman–Crippen MR) is 85.5 cm³/mol. The zero-order valence-corrected chi connectivity index (χ0v) is 12.3. The van der Waals surface area contributed by atoms with Crippen molar-refractivity contribution in [2.45, 2.75) is 31.7 Å². The Morgan fingerprint density at radius 3 is 2.76 bits per heavy atom. The van der Waals surface area contributed by atoms with Crippen LogP contribution in [0, 0.1) is 5.92 Å². The summed E-state index contributed by atoms with van der Waals surface area (Å²) in [6.45, 7) is 3.49. The van der Waals surface area contributed by atoms with Crippen molar-refractivity contribution in [1.29, 1.82) is 0 Å². The molecule has 2 fully saturated rings. The van der Waals surface area contributed by atoms with Crippen LogP contribution in [-0.4, -0.2) is 35.9 Å². The Labute approximate surface area is 125 Å². The van der Waals surface area contributed by atoms with Crippen molar-refractivity contribution in [3.63, 3.8) is 0 Å². The maximum atomic E-state index is 4.23. The largest absolute Gasteiger partial charge is 0.370 e. The first-order valence-electron chi connectivity index (χ1n) is 8.10. The average molecular weight is 282 g/mol. The molecule has 0 spiro atoms. The van der Waals surface area contributed by atoms with Crippen LogP contribution in [0.2, 0.25) is 0 Å². The molecule has 3 heterocycles. The number of nitrogens with one attached hydrogen (secondary N) is 1. The number of aromatic nitrogens is 2.